The third kappa shape index (κ3) is 4.19. The number of carbonyl (C=O) groups excluding carboxylic acids is 1. The summed E-state index contributed by atoms with van der Waals surface area (Å²) >= 11 is 5.86. The maximum Gasteiger partial charge on any atom is 0.229 e. The Kier molecular flexibility index (Phi) is 5.05. The number of nitrogens with zero attached hydrogens (tertiary/aromatic N) is 2. The zero-order chi connectivity index (χ0) is 17.8. The van der Waals surface area contributed by atoms with Gasteiger partial charge in [0.2, 0.25) is 5.91 Å². The fraction of sp³-hybridized carbons (Fsp3) is 0.158. The quantitative estimate of drug-likeness (QED) is 0.754. The average molecular weight is 356 g/mol. The van der Waals surface area contributed by atoms with Crippen LogP contribution >= 0.6 is 11.6 Å². The van der Waals surface area contributed by atoms with Gasteiger partial charge in [-0.15, -0.1) is 0 Å². The van der Waals surface area contributed by atoms with Crippen LogP contribution in [-0.2, 0) is 18.3 Å². The molecular formula is C19H18ClN3O2. The van der Waals surface area contributed by atoms with Crippen LogP contribution in [0.25, 0.3) is 11.3 Å². The molecule has 1 heterocycles. The second-order valence-electron chi connectivity index (χ2n) is 5.62. The van der Waals surface area contributed by atoms with Gasteiger partial charge in [0, 0.05) is 23.7 Å². The summed E-state index contributed by atoms with van der Waals surface area (Å²) in [5, 5.41) is 8.00. The van der Waals surface area contributed by atoms with Crippen molar-refractivity contribution in [3.8, 4) is 17.0 Å². The zero-order valence-electron chi connectivity index (χ0n) is 14.0. The highest BCUT2D eigenvalue weighted by Gasteiger charge is 2.11. The van der Waals surface area contributed by atoms with Gasteiger partial charge in [0.1, 0.15) is 11.6 Å². The van der Waals surface area contributed by atoms with Crippen molar-refractivity contribution >= 4 is 23.3 Å². The summed E-state index contributed by atoms with van der Waals surface area (Å²) in [6, 6.07) is 16.7. The topological polar surface area (TPSA) is 56.1 Å². The summed E-state index contributed by atoms with van der Waals surface area (Å²) in [5.74, 6) is 1.29. The summed E-state index contributed by atoms with van der Waals surface area (Å²) in [6.45, 7) is 0. The molecule has 25 heavy (non-hydrogen) atoms. The largest absolute Gasteiger partial charge is 0.497 e. The molecule has 0 bridgehead atoms. The summed E-state index contributed by atoms with van der Waals surface area (Å²) in [6.07, 6.45) is 0.275. The van der Waals surface area contributed by atoms with E-state index in [0.29, 0.717) is 10.8 Å². The highest BCUT2D eigenvalue weighted by atomic mass is 35.5. The van der Waals surface area contributed by atoms with Crippen molar-refractivity contribution in [2.45, 2.75) is 6.42 Å². The zero-order valence-corrected chi connectivity index (χ0v) is 14.7. The molecule has 0 aliphatic heterocycles. The summed E-state index contributed by atoms with van der Waals surface area (Å²) in [4.78, 5) is 12.3. The lowest BCUT2D eigenvalue weighted by molar-refractivity contribution is -0.115. The van der Waals surface area contributed by atoms with Crippen molar-refractivity contribution in [1.29, 1.82) is 0 Å². The molecule has 1 aromatic heterocycles. The molecule has 5 nitrogen and oxygen atoms in total. The molecule has 2 aromatic carbocycles. The number of aryl methyl sites for hydroxylation is 1. The monoisotopic (exact) mass is 355 g/mol. The summed E-state index contributed by atoms with van der Waals surface area (Å²) in [7, 11) is 3.42. The first-order valence-corrected chi connectivity index (χ1v) is 8.16. The Labute approximate surface area is 151 Å². The minimum Gasteiger partial charge on any atom is -0.497 e. The SMILES string of the molecule is COc1cccc(-c2cc(NC(=O)Cc3ccc(Cl)cc3)n(C)n2)c1. The number of hydrogen-bond acceptors (Lipinski definition) is 3. The standard InChI is InChI=1S/C19H18ClN3O2/c1-23-18(21-19(24)10-13-6-8-15(20)9-7-13)12-17(22-23)14-4-3-5-16(11-14)25-2/h3-9,11-12H,10H2,1-2H3,(H,21,24). The molecule has 0 radical (unpaired) electrons. The van der Waals surface area contributed by atoms with Gasteiger partial charge < -0.3 is 10.1 Å². The van der Waals surface area contributed by atoms with Gasteiger partial charge in [-0.1, -0.05) is 35.9 Å². The van der Waals surface area contributed by atoms with E-state index in [1.54, 1.807) is 31.0 Å². The van der Waals surface area contributed by atoms with E-state index in [-0.39, 0.29) is 12.3 Å². The maximum atomic E-state index is 12.3. The second kappa shape index (κ2) is 7.40. The molecule has 0 spiro atoms. The minimum absolute atomic E-state index is 0.109. The van der Waals surface area contributed by atoms with E-state index in [4.69, 9.17) is 16.3 Å². The van der Waals surface area contributed by atoms with Crippen LogP contribution in [-0.4, -0.2) is 22.8 Å². The van der Waals surface area contributed by atoms with Crippen LogP contribution in [0.2, 0.25) is 5.02 Å². The van der Waals surface area contributed by atoms with E-state index in [9.17, 15) is 4.79 Å². The van der Waals surface area contributed by atoms with Gasteiger partial charge in [-0.2, -0.15) is 5.10 Å². The molecular weight excluding hydrogens is 338 g/mol. The lowest BCUT2D eigenvalue weighted by Gasteiger charge is -2.05. The number of benzene rings is 2. The van der Waals surface area contributed by atoms with Crippen molar-refractivity contribution < 1.29 is 9.53 Å². The molecule has 0 unspecified atom stereocenters. The van der Waals surface area contributed by atoms with Gasteiger partial charge >= 0.3 is 0 Å². The van der Waals surface area contributed by atoms with Crippen molar-refractivity contribution in [2.24, 2.45) is 7.05 Å². The van der Waals surface area contributed by atoms with E-state index < -0.39 is 0 Å². The Morgan fingerprint density at radius 1 is 1.20 bits per heavy atom. The van der Waals surface area contributed by atoms with Crippen LogP contribution in [0.5, 0.6) is 5.75 Å². The van der Waals surface area contributed by atoms with Crippen LogP contribution in [0.1, 0.15) is 5.56 Å². The van der Waals surface area contributed by atoms with E-state index in [1.165, 1.54) is 0 Å². The Morgan fingerprint density at radius 3 is 2.68 bits per heavy atom. The van der Waals surface area contributed by atoms with Crippen molar-refractivity contribution in [1.82, 2.24) is 9.78 Å². The molecule has 128 valence electrons. The number of halogens is 1. The van der Waals surface area contributed by atoms with Gasteiger partial charge in [0.15, 0.2) is 0 Å². The maximum absolute atomic E-state index is 12.3. The normalized spacial score (nSPS) is 10.5. The highest BCUT2D eigenvalue weighted by molar-refractivity contribution is 6.30. The smallest absolute Gasteiger partial charge is 0.229 e. The van der Waals surface area contributed by atoms with Crippen LogP contribution in [0.3, 0.4) is 0 Å². The van der Waals surface area contributed by atoms with Crippen LogP contribution in [0.15, 0.2) is 54.6 Å². The fourth-order valence-electron chi connectivity index (χ4n) is 2.48. The predicted molar refractivity (Wildman–Crippen MR) is 99.0 cm³/mol. The summed E-state index contributed by atoms with van der Waals surface area (Å²) < 4.78 is 6.89. The van der Waals surface area contributed by atoms with E-state index >= 15 is 0 Å². The number of nitrogens with one attached hydrogen (secondary N) is 1. The number of rotatable bonds is 5. The molecule has 3 aromatic rings. The molecule has 0 atom stereocenters. The third-order valence-corrected chi connectivity index (χ3v) is 4.04. The molecule has 1 N–H and O–H groups in total. The number of anilines is 1. The van der Waals surface area contributed by atoms with Gasteiger partial charge in [0.25, 0.3) is 0 Å². The molecule has 1 amide bonds. The molecule has 0 fully saturated rings. The van der Waals surface area contributed by atoms with Gasteiger partial charge in [-0.3, -0.25) is 9.48 Å². The first-order valence-electron chi connectivity index (χ1n) is 7.78. The minimum atomic E-state index is -0.109. The lowest BCUT2D eigenvalue weighted by atomic mass is 10.1. The van der Waals surface area contributed by atoms with Crippen molar-refractivity contribution in [2.75, 3.05) is 12.4 Å². The predicted octanol–water partition coefficient (Wildman–Crippen LogP) is 3.93. The summed E-state index contributed by atoms with van der Waals surface area (Å²) in [5.41, 5.74) is 2.59. The van der Waals surface area contributed by atoms with Crippen LogP contribution in [0.4, 0.5) is 5.82 Å². The Hall–Kier alpha value is -2.79. The van der Waals surface area contributed by atoms with E-state index in [0.717, 1.165) is 22.6 Å². The first-order chi connectivity index (χ1) is 12.0. The number of hydrogen-bond donors (Lipinski definition) is 1. The highest BCUT2D eigenvalue weighted by Crippen LogP contribution is 2.25. The average Bonchev–Trinajstić information content (AvgIpc) is 2.97. The van der Waals surface area contributed by atoms with Gasteiger partial charge in [-0.05, 0) is 29.8 Å². The van der Waals surface area contributed by atoms with E-state index in [2.05, 4.69) is 10.4 Å². The fourth-order valence-corrected chi connectivity index (χ4v) is 2.61. The number of methoxy groups -OCH3 is 1. The molecule has 3 rings (SSSR count). The van der Waals surface area contributed by atoms with Crippen LogP contribution < -0.4 is 10.1 Å². The molecule has 0 aliphatic rings. The van der Waals surface area contributed by atoms with Gasteiger partial charge in [-0.25, -0.2) is 0 Å². The number of amides is 1. The van der Waals surface area contributed by atoms with Crippen molar-refractivity contribution in [3.05, 3.63) is 65.2 Å². The molecule has 0 saturated carbocycles. The first kappa shape index (κ1) is 17.0. The Morgan fingerprint density at radius 2 is 1.96 bits per heavy atom. The Bertz CT molecular complexity index is 888. The molecule has 6 heteroatoms. The third-order valence-electron chi connectivity index (χ3n) is 3.79. The Balaban J connectivity index is 1.73. The molecule has 0 saturated heterocycles. The number of ether oxygens (including phenoxy) is 1. The van der Waals surface area contributed by atoms with Gasteiger partial charge in [0.05, 0.1) is 19.2 Å². The number of aromatic nitrogens is 2. The van der Waals surface area contributed by atoms with Crippen molar-refractivity contribution in [3.63, 3.8) is 0 Å². The molecule has 0 aliphatic carbocycles. The van der Waals surface area contributed by atoms with E-state index in [1.807, 2.05) is 42.5 Å². The second-order valence-corrected chi connectivity index (χ2v) is 6.06. The number of carbonyl (C=O) groups is 1. The lowest BCUT2D eigenvalue weighted by Crippen LogP contribution is -2.16. The van der Waals surface area contributed by atoms with Crippen LogP contribution in [0, 0.1) is 0 Å².